The Balaban J connectivity index is 1.81. The first kappa shape index (κ1) is 17.5. The zero-order valence-corrected chi connectivity index (χ0v) is 16.1. The lowest BCUT2D eigenvalue weighted by Crippen LogP contribution is -2.16. The summed E-state index contributed by atoms with van der Waals surface area (Å²) >= 11 is 2.92. The van der Waals surface area contributed by atoms with Crippen molar-refractivity contribution >= 4 is 49.0 Å². The van der Waals surface area contributed by atoms with Crippen molar-refractivity contribution in [3.63, 3.8) is 0 Å². The van der Waals surface area contributed by atoms with Crippen LogP contribution in [0.15, 0.2) is 46.9 Å². The van der Waals surface area contributed by atoms with Crippen LogP contribution in [0.1, 0.15) is 17.3 Å². The van der Waals surface area contributed by atoms with Gasteiger partial charge in [-0.15, -0.1) is 17.8 Å². The van der Waals surface area contributed by atoms with Crippen molar-refractivity contribution in [3.8, 4) is 18.1 Å². The molecule has 0 unspecified atom stereocenters. The molecule has 2 aromatic carbocycles. The lowest BCUT2D eigenvalue weighted by Gasteiger charge is -2.03. The molecule has 0 atom stereocenters. The fourth-order valence-corrected chi connectivity index (χ4v) is 4.55. The van der Waals surface area contributed by atoms with E-state index in [4.69, 9.17) is 11.2 Å². The van der Waals surface area contributed by atoms with Crippen molar-refractivity contribution in [2.75, 3.05) is 6.61 Å². The van der Waals surface area contributed by atoms with E-state index in [1.165, 1.54) is 22.7 Å². The highest BCUT2D eigenvalue weighted by atomic mass is 32.1. The van der Waals surface area contributed by atoms with Crippen LogP contribution in [0.25, 0.3) is 20.4 Å². The molecule has 0 aliphatic carbocycles. The summed E-state index contributed by atoms with van der Waals surface area (Å²) < 4.78 is 9.37. The molecule has 0 N–H and O–H groups in total. The highest BCUT2D eigenvalue weighted by Crippen LogP contribution is 2.24. The lowest BCUT2D eigenvalue weighted by atomic mass is 10.2. The standard InChI is InChI=1S/C20H15N3O2S2/c1-3-9-23-16-8-6-14(25-4-2)11-18(16)27-20(23)22-19(24)13-5-7-15-17(10-13)26-12-21-15/h1,5-8,10-12H,4,9H2,2H3. The van der Waals surface area contributed by atoms with E-state index in [2.05, 4.69) is 15.9 Å². The minimum absolute atomic E-state index is 0.298. The fraction of sp³-hybridized carbons (Fsp3) is 0.150. The maximum atomic E-state index is 12.7. The number of amides is 1. The molecular weight excluding hydrogens is 378 g/mol. The third-order valence-corrected chi connectivity index (χ3v) is 5.82. The molecule has 0 bridgehead atoms. The summed E-state index contributed by atoms with van der Waals surface area (Å²) in [5.74, 6) is 3.12. The van der Waals surface area contributed by atoms with E-state index in [0.29, 0.717) is 23.5 Å². The average molecular weight is 393 g/mol. The molecule has 0 saturated heterocycles. The molecule has 4 aromatic rings. The first-order valence-corrected chi connectivity index (χ1v) is 10.0. The van der Waals surface area contributed by atoms with Crippen molar-refractivity contribution in [2.24, 2.45) is 4.99 Å². The van der Waals surface area contributed by atoms with Gasteiger partial charge in [-0.25, -0.2) is 4.98 Å². The summed E-state index contributed by atoms with van der Waals surface area (Å²) in [7, 11) is 0. The van der Waals surface area contributed by atoms with E-state index < -0.39 is 0 Å². The Labute approximate surface area is 163 Å². The van der Waals surface area contributed by atoms with Crippen LogP contribution in [0.5, 0.6) is 5.75 Å². The molecule has 1 amide bonds. The van der Waals surface area contributed by atoms with Gasteiger partial charge in [0.05, 0.1) is 39.1 Å². The quantitative estimate of drug-likeness (QED) is 0.491. The summed E-state index contributed by atoms with van der Waals surface area (Å²) in [6.07, 6.45) is 5.53. The van der Waals surface area contributed by atoms with E-state index in [1.807, 2.05) is 41.8 Å². The molecule has 27 heavy (non-hydrogen) atoms. The number of hydrogen-bond donors (Lipinski definition) is 0. The van der Waals surface area contributed by atoms with E-state index in [9.17, 15) is 4.79 Å². The molecule has 5 nitrogen and oxygen atoms in total. The molecule has 7 heteroatoms. The number of fused-ring (bicyclic) bond motifs is 2. The second-order valence-corrected chi connectivity index (χ2v) is 7.58. The van der Waals surface area contributed by atoms with Gasteiger partial charge in [-0.1, -0.05) is 17.3 Å². The smallest absolute Gasteiger partial charge is 0.279 e. The topological polar surface area (TPSA) is 56.5 Å². The van der Waals surface area contributed by atoms with Crippen molar-refractivity contribution in [3.05, 3.63) is 52.3 Å². The van der Waals surface area contributed by atoms with Gasteiger partial charge in [0.1, 0.15) is 5.75 Å². The molecule has 4 rings (SSSR count). The number of hydrogen-bond acceptors (Lipinski definition) is 5. The first-order chi connectivity index (χ1) is 13.2. The van der Waals surface area contributed by atoms with Crippen LogP contribution in [-0.4, -0.2) is 22.1 Å². The van der Waals surface area contributed by atoms with Crippen LogP contribution in [-0.2, 0) is 6.54 Å². The molecule has 2 aromatic heterocycles. The van der Waals surface area contributed by atoms with Crippen LogP contribution >= 0.6 is 22.7 Å². The summed E-state index contributed by atoms with van der Waals surface area (Å²) in [4.78, 5) is 21.9. The summed E-state index contributed by atoms with van der Waals surface area (Å²) in [6.45, 7) is 2.88. The van der Waals surface area contributed by atoms with Crippen LogP contribution in [0.4, 0.5) is 0 Å². The van der Waals surface area contributed by atoms with E-state index in [0.717, 1.165) is 26.2 Å². The zero-order chi connectivity index (χ0) is 18.8. The molecule has 0 radical (unpaired) electrons. The van der Waals surface area contributed by atoms with Gasteiger partial charge >= 0.3 is 0 Å². The fourth-order valence-electron chi connectivity index (χ4n) is 2.78. The molecule has 0 aliphatic heterocycles. The lowest BCUT2D eigenvalue weighted by molar-refractivity contribution is 0.0998. The number of carbonyl (C=O) groups is 1. The van der Waals surface area contributed by atoms with Gasteiger partial charge in [-0.2, -0.15) is 4.99 Å². The second-order valence-electron chi connectivity index (χ2n) is 5.69. The number of nitrogens with zero attached hydrogens (tertiary/aromatic N) is 3. The highest BCUT2D eigenvalue weighted by Gasteiger charge is 2.11. The van der Waals surface area contributed by atoms with Crippen LogP contribution in [0.3, 0.4) is 0 Å². The Hall–Kier alpha value is -2.95. The zero-order valence-electron chi connectivity index (χ0n) is 14.5. The Morgan fingerprint density at radius 3 is 3.00 bits per heavy atom. The van der Waals surface area contributed by atoms with Gasteiger partial charge in [0.15, 0.2) is 4.80 Å². The minimum atomic E-state index is -0.298. The molecule has 0 spiro atoms. The monoisotopic (exact) mass is 393 g/mol. The van der Waals surface area contributed by atoms with Gasteiger partial charge in [-0.3, -0.25) is 4.79 Å². The number of benzene rings is 2. The molecular formula is C20H15N3O2S2. The third-order valence-electron chi connectivity index (χ3n) is 3.99. The number of rotatable bonds is 4. The van der Waals surface area contributed by atoms with Crippen LogP contribution in [0.2, 0.25) is 0 Å². The normalized spacial score (nSPS) is 11.8. The SMILES string of the molecule is C#CCn1c(=NC(=O)c2ccc3ncsc3c2)sc2cc(OCC)ccc21. The molecule has 0 fully saturated rings. The number of aromatic nitrogens is 2. The third kappa shape index (κ3) is 3.37. The van der Waals surface area contributed by atoms with Gasteiger partial charge in [0.2, 0.25) is 0 Å². The van der Waals surface area contributed by atoms with E-state index >= 15 is 0 Å². The number of terminal acetylenes is 1. The van der Waals surface area contributed by atoms with E-state index in [-0.39, 0.29) is 5.91 Å². The number of thiazole rings is 2. The van der Waals surface area contributed by atoms with E-state index in [1.54, 1.807) is 11.6 Å². The molecule has 134 valence electrons. The van der Waals surface area contributed by atoms with Gasteiger partial charge < -0.3 is 9.30 Å². The second kappa shape index (κ2) is 7.35. The Bertz CT molecular complexity index is 1260. The number of ether oxygens (including phenoxy) is 1. The molecule has 0 saturated carbocycles. The largest absolute Gasteiger partial charge is 0.494 e. The maximum Gasteiger partial charge on any atom is 0.279 e. The first-order valence-electron chi connectivity index (χ1n) is 8.31. The van der Waals surface area contributed by atoms with Crippen molar-refractivity contribution in [1.29, 1.82) is 0 Å². The van der Waals surface area contributed by atoms with Crippen molar-refractivity contribution < 1.29 is 9.53 Å². The Kier molecular flexibility index (Phi) is 4.75. The summed E-state index contributed by atoms with van der Waals surface area (Å²) in [5, 5.41) is 0. The molecule has 0 aliphatic rings. The number of carbonyl (C=O) groups excluding carboxylic acids is 1. The molecule has 2 heterocycles. The summed E-state index contributed by atoms with van der Waals surface area (Å²) in [5.41, 5.74) is 4.11. The van der Waals surface area contributed by atoms with Crippen molar-refractivity contribution in [1.82, 2.24) is 9.55 Å². The predicted molar refractivity (Wildman–Crippen MR) is 109 cm³/mol. The Morgan fingerprint density at radius 2 is 2.19 bits per heavy atom. The predicted octanol–water partition coefficient (Wildman–Crippen LogP) is 4.09. The van der Waals surface area contributed by atoms with Gasteiger partial charge in [-0.05, 0) is 43.3 Å². The minimum Gasteiger partial charge on any atom is -0.494 e. The maximum absolute atomic E-state index is 12.7. The van der Waals surface area contributed by atoms with Gasteiger partial charge in [0, 0.05) is 5.56 Å². The van der Waals surface area contributed by atoms with Crippen LogP contribution < -0.4 is 9.54 Å². The van der Waals surface area contributed by atoms with Crippen LogP contribution in [0, 0.1) is 12.3 Å². The average Bonchev–Trinajstić information content (AvgIpc) is 3.26. The van der Waals surface area contributed by atoms with Gasteiger partial charge in [0.25, 0.3) is 5.91 Å². The Morgan fingerprint density at radius 1 is 1.30 bits per heavy atom. The summed E-state index contributed by atoms with van der Waals surface area (Å²) in [6, 6.07) is 11.2. The highest BCUT2D eigenvalue weighted by molar-refractivity contribution is 7.17. The van der Waals surface area contributed by atoms with Crippen molar-refractivity contribution in [2.45, 2.75) is 13.5 Å².